The van der Waals surface area contributed by atoms with Gasteiger partial charge in [0, 0.05) is 0 Å². The molecule has 0 saturated carbocycles. The van der Waals surface area contributed by atoms with Gasteiger partial charge in [-0.3, -0.25) is 0 Å². The Morgan fingerprint density at radius 2 is 1.08 bits per heavy atom. The Morgan fingerprint density at radius 3 is 1.48 bits per heavy atom. The van der Waals surface area contributed by atoms with Gasteiger partial charge in [-0.25, -0.2) is 0 Å². The minimum absolute atomic E-state index is 0.271. The van der Waals surface area contributed by atoms with Gasteiger partial charge >= 0.3 is 0 Å². The van der Waals surface area contributed by atoms with E-state index in [1.807, 2.05) is 0 Å². The van der Waals surface area contributed by atoms with Gasteiger partial charge in [0.15, 0.2) is 0 Å². The highest BCUT2D eigenvalue weighted by Crippen LogP contribution is 2.33. The van der Waals surface area contributed by atoms with E-state index in [0.29, 0.717) is 0 Å². The van der Waals surface area contributed by atoms with E-state index in [4.69, 9.17) is 0 Å². The molecule has 25 heavy (non-hydrogen) atoms. The molecule has 0 radical (unpaired) electrons. The predicted octanol–water partition coefficient (Wildman–Crippen LogP) is 7.23. The van der Waals surface area contributed by atoms with Crippen molar-refractivity contribution in [2.45, 2.75) is 41.0 Å². The largest absolute Gasteiger partial charge is 0.0620 e. The fraction of sp³-hybridized carbons (Fsp3) is 0.280. The second kappa shape index (κ2) is 6.88. The molecule has 0 aliphatic carbocycles. The van der Waals surface area contributed by atoms with E-state index in [2.05, 4.69) is 101 Å². The Labute approximate surface area is 152 Å². The lowest BCUT2D eigenvalue weighted by atomic mass is 9.85. The van der Waals surface area contributed by atoms with Crippen molar-refractivity contribution in [2.75, 3.05) is 0 Å². The maximum Gasteiger partial charge on any atom is -0.0154 e. The van der Waals surface area contributed by atoms with Crippen LogP contribution < -0.4 is 0 Å². The average Bonchev–Trinajstić information content (AvgIpc) is 2.54. The molecule has 0 amide bonds. The van der Waals surface area contributed by atoms with Crippen LogP contribution in [0, 0.1) is 19.3 Å². The Morgan fingerprint density at radius 1 is 0.640 bits per heavy atom. The Bertz CT molecular complexity index is 815. The summed E-state index contributed by atoms with van der Waals surface area (Å²) in [6.45, 7) is 11.3. The van der Waals surface area contributed by atoms with Crippen LogP contribution in [0.4, 0.5) is 0 Å². The van der Waals surface area contributed by atoms with E-state index < -0.39 is 0 Å². The summed E-state index contributed by atoms with van der Waals surface area (Å²) in [5, 5.41) is 0. The van der Waals surface area contributed by atoms with Gasteiger partial charge < -0.3 is 0 Å². The first-order valence-electron chi connectivity index (χ1n) is 9.09. The molecule has 0 unspecified atom stereocenters. The molecule has 0 heterocycles. The van der Waals surface area contributed by atoms with Crippen LogP contribution in [0.15, 0.2) is 66.7 Å². The van der Waals surface area contributed by atoms with Crippen LogP contribution in [0.25, 0.3) is 22.3 Å². The topological polar surface area (TPSA) is 0 Å². The molecule has 0 saturated heterocycles. The standard InChI is InChI=1S/C25H28/c1-18-10-6-8-12-23(18)21-14-20(17-25(3,4)5)15-22(16-21)24-13-9-7-11-19(24)2/h6-16H,17H2,1-5H3. The zero-order valence-electron chi connectivity index (χ0n) is 16.1. The third-order valence-corrected chi connectivity index (χ3v) is 4.64. The van der Waals surface area contributed by atoms with Crippen molar-refractivity contribution < 1.29 is 0 Å². The Kier molecular flexibility index (Phi) is 4.81. The summed E-state index contributed by atoms with van der Waals surface area (Å²) < 4.78 is 0. The highest BCUT2D eigenvalue weighted by molar-refractivity contribution is 5.77. The molecule has 0 aromatic heterocycles. The van der Waals surface area contributed by atoms with Gasteiger partial charge in [-0.05, 0) is 70.7 Å². The van der Waals surface area contributed by atoms with Crippen molar-refractivity contribution in [1.29, 1.82) is 0 Å². The fourth-order valence-electron chi connectivity index (χ4n) is 3.51. The van der Waals surface area contributed by atoms with Crippen LogP contribution in [-0.4, -0.2) is 0 Å². The molecule has 0 N–H and O–H groups in total. The van der Waals surface area contributed by atoms with Crippen LogP contribution in [0.5, 0.6) is 0 Å². The smallest absolute Gasteiger partial charge is 0.0154 e. The highest BCUT2D eigenvalue weighted by Gasteiger charge is 2.14. The quantitative estimate of drug-likeness (QED) is 0.476. The molecule has 0 bridgehead atoms. The molecule has 3 aromatic rings. The molecule has 0 heteroatoms. The van der Waals surface area contributed by atoms with E-state index in [-0.39, 0.29) is 5.41 Å². The van der Waals surface area contributed by atoms with Crippen LogP contribution in [0.2, 0.25) is 0 Å². The van der Waals surface area contributed by atoms with Gasteiger partial charge in [-0.15, -0.1) is 0 Å². The summed E-state index contributed by atoms with van der Waals surface area (Å²) in [5.74, 6) is 0. The molecule has 0 nitrogen and oxygen atoms in total. The van der Waals surface area contributed by atoms with E-state index in [1.54, 1.807) is 0 Å². The number of aryl methyl sites for hydroxylation is 2. The van der Waals surface area contributed by atoms with Crippen LogP contribution in [0.3, 0.4) is 0 Å². The summed E-state index contributed by atoms with van der Waals surface area (Å²) in [4.78, 5) is 0. The van der Waals surface area contributed by atoms with Crippen LogP contribution >= 0.6 is 0 Å². The number of benzene rings is 3. The van der Waals surface area contributed by atoms with Crippen molar-refractivity contribution >= 4 is 0 Å². The van der Waals surface area contributed by atoms with Gasteiger partial charge in [0.1, 0.15) is 0 Å². The summed E-state index contributed by atoms with van der Waals surface area (Å²) in [6, 6.07) is 24.4. The van der Waals surface area contributed by atoms with Crippen LogP contribution in [-0.2, 0) is 6.42 Å². The van der Waals surface area contributed by atoms with E-state index in [9.17, 15) is 0 Å². The van der Waals surface area contributed by atoms with E-state index in [0.717, 1.165) is 6.42 Å². The molecule has 3 aromatic carbocycles. The predicted molar refractivity (Wildman–Crippen MR) is 110 cm³/mol. The van der Waals surface area contributed by atoms with Crippen molar-refractivity contribution in [2.24, 2.45) is 5.41 Å². The summed E-state index contributed by atoms with van der Waals surface area (Å²) >= 11 is 0. The van der Waals surface area contributed by atoms with Crippen molar-refractivity contribution in [1.82, 2.24) is 0 Å². The second-order valence-electron chi connectivity index (χ2n) is 8.29. The van der Waals surface area contributed by atoms with Gasteiger partial charge in [-0.1, -0.05) is 81.4 Å². The van der Waals surface area contributed by atoms with Gasteiger partial charge in [0.25, 0.3) is 0 Å². The number of hydrogen-bond acceptors (Lipinski definition) is 0. The minimum atomic E-state index is 0.271. The molecular weight excluding hydrogens is 300 g/mol. The molecular formula is C25H28. The fourth-order valence-corrected chi connectivity index (χ4v) is 3.51. The Hall–Kier alpha value is -2.34. The van der Waals surface area contributed by atoms with Crippen molar-refractivity contribution in [3.63, 3.8) is 0 Å². The highest BCUT2D eigenvalue weighted by atomic mass is 14.2. The van der Waals surface area contributed by atoms with E-state index >= 15 is 0 Å². The first-order chi connectivity index (χ1) is 11.8. The van der Waals surface area contributed by atoms with Crippen LogP contribution in [0.1, 0.15) is 37.5 Å². The zero-order chi connectivity index (χ0) is 18.0. The first-order valence-corrected chi connectivity index (χ1v) is 9.09. The summed E-state index contributed by atoms with van der Waals surface area (Å²) in [6.07, 6.45) is 1.08. The normalized spacial score (nSPS) is 11.6. The van der Waals surface area contributed by atoms with Gasteiger partial charge in [0.2, 0.25) is 0 Å². The van der Waals surface area contributed by atoms with E-state index in [1.165, 1.54) is 38.9 Å². The van der Waals surface area contributed by atoms with Gasteiger partial charge in [-0.2, -0.15) is 0 Å². The van der Waals surface area contributed by atoms with Crippen molar-refractivity contribution in [3.05, 3.63) is 83.4 Å². The zero-order valence-corrected chi connectivity index (χ0v) is 16.1. The summed E-state index contributed by atoms with van der Waals surface area (Å²) in [7, 11) is 0. The third kappa shape index (κ3) is 4.20. The molecule has 0 aliphatic rings. The Balaban J connectivity index is 2.19. The maximum atomic E-state index is 2.37. The molecule has 3 rings (SSSR count). The minimum Gasteiger partial charge on any atom is -0.0620 e. The monoisotopic (exact) mass is 328 g/mol. The van der Waals surface area contributed by atoms with Gasteiger partial charge in [0.05, 0.1) is 0 Å². The molecule has 128 valence electrons. The summed E-state index contributed by atoms with van der Waals surface area (Å²) in [5.41, 5.74) is 9.62. The lowest BCUT2D eigenvalue weighted by Gasteiger charge is -2.20. The SMILES string of the molecule is Cc1ccccc1-c1cc(CC(C)(C)C)cc(-c2ccccc2C)c1. The lowest BCUT2D eigenvalue weighted by molar-refractivity contribution is 0.411. The maximum absolute atomic E-state index is 2.37. The molecule has 0 fully saturated rings. The number of rotatable bonds is 3. The first kappa shape index (κ1) is 17.5. The second-order valence-corrected chi connectivity index (χ2v) is 8.29. The lowest BCUT2D eigenvalue weighted by Crippen LogP contribution is -2.09. The molecule has 0 spiro atoms. The number of hydrogen-bond donors (Lipinski definition) is 0. The third-order valence-electron chi connectivity index (χ3n) is 4.64. The molecule has 0 atom stereocenters. The molecule has 0 aliphatic heterocycles. The average molecular weight is 328 g/mol. The van der Waals surface area contributed by atoms with Crippen molar-refractivity contribution in [3.8, 4) is 22.3 Å².